The number of rotatable bonds is 4. The van der Waals surface area contributed by atoms with Crippen molar-refractivity contribution in [3.05, 3.63) is 0 Å². The zero-order valence-corrected chi connectivity index (χ0v) is 11.7. The van der Waals surface area contributed by atoms with E-state index in [1.165, 1.54) is 45.1 Å². The van der Waals surface area contributed by atoms with Crippen LogP contribution in [0.1, 0.15) is 45.4 Å². The van der Waals surface area contributed by atoms with Gasteiger partial charge in [0.1, 0.15) is 0 Å². The standard InChI is InChI=1S/C15H28N2O/c1-15(6-3-7-15)11-17-13-5-2-4-12(13)14-10-18-9-8-16-14/h12-14,16-17H,2-11H2,1H3. The Labute approximate surface area is 111 Å². The molecule has 0 spiro atoms. The maximum Gasteiger partial charge on any atom is 0.0623 e. The topological polar surface area (TPSA) is 33.3 Å². The van der Waals surface area contributed by atoms with E-state index < -0.39 is 0 Å². The van der Waals surface area contributed by atoms with Gasteiger partial charge in [-0.3, -0.25) is 0 Å². The van der Waals surface area contributed by atoms with E-state index in [1.807, 2.05) is 0 Å². The summed E-state index contributed by atoms with van der Waals surface area (Å²) in [4.78, 5) is 0. The number of morpholine rings is 1. The molecule has 3 atom stereocenters. The summed E-state index contributed by atoms with van der Waals surface area (Å²) in [5, 5.41) is 7.53. The van der Waals surface area contributed by atoms with Crippen molar-refractivity contribution in [1.29, 1.82) is 0 Å². The summed E-state index contributed by atoms with van der Waals surface area (Å²) >= 11 is 0. The molecule has 0 bridgehead atoms. The fourth-order valence-corrected chi connectivity index (χ4v) is 3.92. The molecular formula is C15H28N2O. The van der Waals surface area contributed by atoms with Crippen LogP contribution in [0, 0.1) is 11.3 Å². The lowest BCUT2D eigenvalue weighted by atomic mass is 9.70. The monoisotopic (exact) mass is 252 g/mol. The lowest BCUT2D eigenvalue weighted by Crippen LogP contribution is -2.52. The van der Waals surface area contributed by atoms with Crippen LogP contribution >= 0.6 is 0 Å². The van der Waals surface area contributed by atoms with Gasteiger partial charge >= 0.3 is 0 Å². The van der Waals surface area contributed by atoms with Crippen LogP contribution in [0.3, 0.4) is 0 Å². The predicted molar refractivity (Wildman–Crippen MR) is 73.7 cm³/mol. The summed E-state index contributed by atoms with van der Waals surface area (Å²) < 4.78 is 5.63. The third-order valence-electron chi connectivity index (χ3n) is 5.39. The Balaban J connectivity index is 1.50. The van der Waals surface area contributed by atoms with Gasteiger partial charge in [0.15, 0.2) is 0 Å². The maximum absolute atomic E-state index is 5.63. The highest BCUT2D eigenvalue weighted by Gasteiger charge is 2.37. The second-order valence-corrected chi connectivity index (χ2v) is 6.88. The SMILES string of the molecule is CC1(CNC2CCCC2C2COCCN2)CCC1. The Kier molecular flexibility index (Phi) is 3.92. The molecule has 0 aromatic heterocycles. The molecule has 3 rings (SSSR count). The first-order valence-electron chi connectivity index (χ1n) is 7.81. The average Bonchev–Trinajstić information content (AvgIpc) is 2.83. The molecule has 2 saturated carbocycles. The molecule has 3 nitrogen and oxygen atoms in total. The third-order valence-corrected chi connectivity index (χ3v) is 5.39. The molecule has 0 aromatic carbocycles. The minimum atomic E-state index is 0.591. The Hall–Kier alpha value is -0.120. The van der Waals surface area contributed by atoms with Gasteiger partial charge in [0.25, 0.3) is 0 Å². The van der Waals surface area contributed by atoms with E-state index in [0.717, 1.165) is 31.7 Å². The van der Waals surface area contributed by atoms with E-state index in [-0.39, 0.29) is 0 Å². The van der Waals surface area contributed by atoms with Crippen molar-refractivity contribution in [3.63, 3.8) is 0 Å². The fourth-order valence-electron chi connectivity index (χ4n) is 3.92. The number of ether oxygens (including phenoxy) is 1. The highest BCUT2D eigenvalue weighted by molar-refractivity contribution is 4.94. The molecule has 2 aliphatic carbocycles. The smallest absolute Gasteiger partial charge is 0.0623 e. The zero-order valence-electron chi connectivity index (χ0n) is 11.7. The molecule has 0 radical (unpaired) electrons. The minimum absolute atomic E-state index is 0.591. The molecule has 1 heterocycles. The summed E-state index contributed by atoms with van der Waals surface area (Å²) in [5.74, 6) is 0.786. The quantitative estimate of drug-likeness (QED) is 0.802. The van der Waals surface area contributed by atoms with Gasteiger partial charge < -0.3 is 15.4 Å². The van der Waals surface area contributed by atoms with Crippen molar-refractivity contribution in [3.8, 4) is 0 Å². The molecule has 2 N–H and O–H groups in total. The van der Waals surface area contributed by atoms with E-state index in [1.54, 1.807) is 0 Å². The van der Waals surface area contributed by atoms with Crippen LogP contribution in [0.15, 0.2) is 0 Å². The van der Waals surface area contributed by atoms with Gasteiger partial charge in [-0.25, -0.2) is 0 Å². The van der Waals surface area contributed by atoms with Gasteiger partial charge in [-0.1, -0.05) is 19.8 Å². The van der Waals surface area contributed by atoms with Crippen LogP contribution in [-0.4, -0.2) is 38.4 Å². The molecule has 104 valence electrons. The van der Waals surface area contributed by atoms with Crippen LogP contribution in [0.25, 0.3) is 0 Å². The molecule has 3 aliphatic rings. The van der Waals surface area contributed by atoms with Crippen LogP contribution in [-0.2, 0) is 4.74 Å². The summed E-state index contributed by atoms with van der Waals surface area (Å²) in [7, 11) is 0. The van der Waals surface area contributed by atoms with Crippen molar-refractivity contribution < 1.29 is 4.74 Å². The first kappa shape index (κ1) is 12.9. The first-order chi connectivity index (χ1) is 8.77. The molecule has 0 aromatic rings. The van der Waals surface area contributed by atoms with Crippen LogP contribution < -0.4 is 10.6 Å². The predicted octanol–water partition coefficient (Wildman–Crippen LogP) is 1.92. The number of hydrogen-bond acceptors (Lipinski definition) is 3. The molecular weight excluding hydrogens is 224 g/mol. The summed E-state index contributed by atoms with van der Waals surface area (Å²) in [6, 6.07) is 1.31. The average molecular weight is 252 g/mol. The summed E-state index contributed by atoms with van der Waals surface area (Å²) in [6.45, 7) is 6.50. The molecule has 1 saturated heterocycles. The van der Waals surface area contributed by atoms with Crippen LogP contribution in [0.5, 0.6) is 0 Å². The van der Waals surface area contributed by atoms with Gasteiger partial charge in [0.2, 0.25) is 0 Å². The zero-order chi connectivity index (χ0) is 12.4. The van der Waals surface area contributed by atoms with Crippen molar-refractivity contribution in [1.82, 2.24) is 10.6 Å². The molecule has 3 unspecified atom stereocenters. The molecule has 3 heteroatoms. The van der Waals surface area contributed by atoms with Gasteiger partial charge in [-0.2, -0.15) is 0 Å². The van der Waals surface area contributed by atoms with Gasteiger partial charge in [-0.05, 0) is 37.0 Å². The van der Waals surface area contributed by atoms with Crippen molar-refractivity contribution in [2.75, 3.05) is 26.3 Å². The van der Waals surface area contributed by atoms with E-state index in [2.05, 4.69) is 17.6 Å². The van der Waals surface area contributed by atoms with Crippen molar-refractivity contribution >= 4 is 0 Å². The third kappa shape index (κ3) is 2.73. The van der Waals surface area contributed by atoms with E-state index in [0.29, 0.717) is 11.5 Å². The lowest BCUT2D eigenvalue weighted by molar-refractivity contribution is 0.0503. The molecule has 18 heavy (non-hydrogen) atoms. The Morgan fingerprint density at radius 2 is 2.17 bits per heavy atom. The Morgan fingerprint density at radius 3 is 2.83 bits per heavy atom. The molecule has 0 amide bonds. The van der Waals surface area contributed by atoms with E-state index >= 15 is 0 Å². The molecule has 3 fully saturated rings. The van der Waals surface area contributed by atoms with Gasteiger partial charge in [0, 0.05) is 25.2 Å². The summed E-state index contributed by atoms with van der Waals surface area (Å²) in [6.07, 6.45) is 8.39. The van der Waals surface area contributed by atoms with Crippen molar-refractivity contribution in [2.24, 2.45) is 11.3 Å². The lowest BCUT2D eigenvalue weighted by Gasteiger charge is -2.41. The summed E-state index contributed by atoms with van der Waals surface area (Å²) in [5.41, 5.74) is 0.601. The van der Waals surface area contributed by atoms with E-state index in [4.69, 9.17) is 4.74 Å². The second kappa shape index (κ2) is 5.48. The Morgan fingerprint density at radius 1 is 1.28 bits per heavy atom. The normalized spacial score (nSPS) is 39.5. The first-order valence-corrected chi connectivity index (χ1v) is 7.81. The second-order valence-electron chi connectivity index (χ2n) is 6.88. The maximum atomic E-state index is 5.63. The van der Waals surface area contributed by atoms with Crippen LogP contribution in [0.2, 0.25) is 0 Å². The molecule has 1 aliphatic heterocycles. The largest absolute Gasteiger partial charge is 0.379 e. The highest BCUT2D eigenvalue weighted by Crippen LogP contribution is 2.40. The van der Waals surface area contributed by atoms with Crippen LogP contribution in [0.4, 0.5) is 0 Å². The van der Waals surface area contributed by atoms with E-state index in [9.17, 15) is 0 Å². The Bertz CT molecular complexity index is 272. The van der Waals surface area contributed by atoms with Gasteiger partial charge in [0.05, 0.1) is 13.2 Å². The minimum Gasteiger partial charge on any atom is -0.379 e. The van der Waals surface area contributed by atoms with Gasteiger partial charge in [-0.15, -0.1) is 0 Å². The highest BCUT2D eigenvalue weighted by atomic mass is 16.5. The van der Waals surface area contributed by atoms with Crippen molar-refractivity contribution in [2.45, 2.75) is 57.5 Å². The number of nitrogens with one attached hydrogen (secondary N) is 2. The number of hydrogen-bond donors (Lipinski definition) is 2. The fraction of sp³-hybridized carbons (Fsp3) is 1.00.